The molecule has 0 aliphatic carbocycles. The zero-order chi connectivity index (χ0) is 14.4. The summed E-state index contributed by atoms with van der Waals surface area (Å²) < 4.78 is 7.26. The molecule has 2 atom stereocenters. The molecule has 0 spiro atoms. The van der Waals surface area contributed by atoms with Gasteiger partial charge in [0.1, 0.15) is 11.9 Å². The fourth-order valence-corrected chi connectivity index (χ4v) is 2.41. The van der Waals surface area contributed by atoms with Crippen LogP contribution in [0.1, 0.15) is 11.7 Å². The van der Waals surface area contributed by atoms with Crippen LogP contribution in [-0.2, 0) is 4.74 Å². The summed E-state index contributed by atoms with van der Waals surface area (Å²) in [7, 11) is 0. The molecule has 106 valence electrons. The molecule has 0 unspecified atom stereocenters. The molecule has 19 heavy (non-hydrogen) atoms. The van der Waals surface area contributed by atoms with Crippen molar-refractivity contribution in [3.05, 3.63) is 23.8 Å². The van der Waals surface area contributed by atoms with Crippen LogP contribution in [0.3, 0.4) is 0 Å². The van der Waals surface area contributed by atoms with Gasteiger partial charge in [0, 0.05) is 11.3 Å². The van der Waals surface area contributed by atoms with Crippen molar-refractivity contribution in [1.29, 1.82) is 0 Å². The smallest absolute Gasteiger partial charge is 0.252 e. The van der Waals surface area contributed by atoms with Crippen molar-refractivity contribution in [2.45, 2.75) is 20.0 Å². The molecule has 0 saturated carbocycles. The lowest BCUT2D eigenvalue weighted by atomic mass is 10.1. The highest BCUT2D eigenvalue weighted by Crippen LogP contribution is 2.51. The number of fused-ring (bicyclic) bond motifs is 1. The number of benzene rings is 1. The van der Waals surface area contributed by atoms with Gasteiger partial charge in [-0.1, -0.05) is 69.6 Å². The SMILES string of the molecule is Nc1ccc2c(c1)[C@H](C(Cl)(Cl)Cl)O[C@H](C(Cl)(Cl)Cl)O2. The Labute approximate surface area is 139 Å². The summed E-state index contributed by atoms with van der Waals surface area (Å²) in [5.41, 5.74) is 6.64. The molecule has 0 amide bonds. The lowest BCUT2D eigenvalue weighted by Crippen LogP contribution is -2.42. The van der Waals surface area contributed by atoms with Gasteiger partial charge in [0.15, 0.2) is 0 Å². The van der Waals surface area contributed by atoms with Gasteiger partial charge in [0.2, 0.25) is 10.1 Å². The Balaban J connectivity index is 2.47. The maximum absolute atomic E-state index is 5.89. The van der Waals surface area contributed by atoms with Crippen LogP contribution in [0.15, 0.2) is 18.2 Å². The van der Waals surface area contributed by atoms with E-state index in [0.29, 0.717) is 17.0 Å². The fraction of sp³-hybridized carbons (Fsp3) is 0.400. The molecule has 1 heterocycles. The van der Waals surface area contributed by atoms with E-state index < -0.39 is 20.0 Å². The Morgan fingerprint density at radius 3 is 2.16 bits per heavy atom. The molecular formula is C10H7Cl6NO2. The number of halogens is 6. The maximum atomic E-state index is 5.89. The number of rotatable bonds is 0. The molecule has 0 radical (unpaired) electrons. The predicted octanol–water partition coefficient (Wildman–Crippen LogP) is 4.79. The first-order valence-corrected chi connectivity index (χ1v) is 7.21. The Hall–Kier alpha value is 0.520. The highest BCUT2D eigenvalue weighted by atomic mass is 35.6. The first-order valence-electron chi connectivity index (χ1n) is 4.94. The second-order valence-corrected chi connectivity index (χ2v) is 8.58. The van der Waals surface area contributed by atoms with Crippen LogP contribution in [0.2, 0.25) is 0 Å². The number of nitrogen functional groups attached to an aromatic ring is 1. The summed E-state index contributed by atoms with van der Waals surface area (Å²) in [6.07, 6.45) is -2.17. The molecule has 2 N–H and O–H groups in total. The van der Waals surface area contributed by atoms with Gasteiger partial charge in [-0.25, -0.2) is 0 Å². The monoisotopic (exact) mass is 383 g/mol. The van der Waals surface area contributed by atoms with Crippen molar-refractivity contribution in [3.8, 4) is 5.75 Å². The Bertz CT molecular complexity index is 484. The minimum atomic E-state index is -1.83. The van der Waals surface area contributed by atoms with Crippen LogP contribution < -0.4 is 10.5 Å². The van der Waals surface area contributed by atoms with E-state index in [9.17, 15) is 0 Å². The molecule has 1 aliphatic rings. The lowest BCUT2D eigenvalue weighted by Gasteiger charge is -2.38. The first kappa shape index (κ1) is 15.9. The topological polar surface area (TPSA) is 44.5 Å². The maximum Gasteiger partial charge on any atom is 0.252 e. The zero-order valence-corrected chi connectivity index (χ0v) is 13.6. The molecule has 3 nitrogen and oxygen atoms in total. The van der Waals surface area contributed by atoms with Crippen molar-refractivity contribution in [2.24, 2.45) is 0 Å². The molecule has 9 heteroatoms. The summed E-state index contributed by atoms with van der Waals surface area (Å²) in [5, 5.41) is 0. The summed E-state index contributed by atoms with van der Waals surface area (Å²) >= 11 is 34.9. The Kier molecular flexibility index (Phi) is 4.50. The second-order valence-electron chi connectivity index (χ2n) is 3.85. The molecule has 1 aliphatic heterocycles. The van der Waals surface area contributed by atoms with Gasteiger partial charge in [-0.05, 0) is 18.2 Å². The highest BCUT2D eigenvalue weighted by molar-refractivity contribution is 6.68. The third kappa shape index (κ3) is 3.59. The van der Waals surface area contributed by atoms with Crippen LogP contribution in [0, 0.1) is 0 Å². The number of hydrogen-bond donors (Lipinski definition) is 1. The van der Waals surface area contributed by atoms with E-state index in [2.05, 4.69) is 0 Å². The Morgan fingerprint density at radius 1 is 1.00 bits per heavy atom. The fourth-order valence-electron chi connectivity index (χ4n) is 1.62. The summed E-state index contributed by atoms with van der Waals surface area (Å²) in [6.45, 7) is 0. The summed E-state index contributed by atoms with van der Waals surface area (Å²) in [6, 6.07) is 4.80. The van der Waals surface area contributed by atoms with E-state index in [1.54, 1.807) is 18.2 Å². The van der Waals surface area contributed by atoms with Crippen molar-refractivity contribution in [2.75, 3.05) is 5.73 Å². The number of alkyl halides is 6. The van der Waals surface area contributed by atoms with E-state index in [4.69, 9.17) is 84.8 Å². The lowest BCUT2D eigenvalue weighted by molar-refractivity contribution is -0.136. The molecule has 2 rings (SSSR count). The van der Waals surface area contributed by atoms with E-state index in [0.717, 1.165) is 0 Å². The van der Waals surface area contributed by atoms with E-state index >= 15 is 0 Å². The van der Waals surface area contributed by atoms with Crippen LogP contribution in [0.5, 0.6) is 5.75 Å². The molecule has 0 fully saturated rings. The van der Waals surface area contributed by atoms with Crippen molar-refractivity contribution in [3.63, 3.8) is 0 Å². The van der Waals surface area contributed by atoms with Crippen LogP contribution in [0.25, 0.3) is 0 Å². The van der Waals surface area contributed by atoms with Gasteiger partial charge in [-0.15, -0.1) is 0 Å². The molecular weight excluding hydrogens is 379 g/mol. The summed E-state index contributed by atoms with van der Waals surface area (Å²) in [5.74, 6) is 0.383. The molecule has 0 saturated heterocycles. The van der Waals surface area contributed by atoms with E-state index in [1.165, 1.54) is 0 Å². The van der Waals surface area contributed by atoms with Crippen LogP contribution >= 0.6 is 69.6 Å². The zero-order valence-electron chi connectivity index (χ0n) is 9.05. The van der Waals surface area contributed by atoms with Crippen molar-refractivity contribution >= 4 is 75.3 Å². The minimum absolute atomic E-state index is 0.383. The predicted molar refractivity (Wildman–Crippen MR) is 79.7 cm³/mol. The molecule has 0 aromatic heterocycles. The number of anilines is 1. The average Bonchev–Trinajstić information content (AvgIpc) is 2.24. The van der Waals surface area contributed by atoms with Crippen LogP contribution in [0.4, 0.5) is 5.69 Å². The average molecular weight is 386 g/mol. The Morgan fingerprint density at radius 2 is 1.63 bits per heavy atom. The number of ether oxygens (including phenoxy) is 2. The molecule has 1 aromatic rings. The first-order chi connectivity index (χ1) is 8.59. The molecule has 0 bridgehead atoms. The highest BCUT2D eigenvalue weighted by Gasteiger charge is 2.48. The normalized spacial score (nSPS) is 23.7. The standard InChI is InChI=1S/C10H7Cl6NO2/c11-9(12,13)7-5-3-4(17)1-2-6(5)18-8(19-7)10(14,15)16/h1-3,7-8H,17H2/t7-,8-/m1/s1. The van der Waals surface area contributed by atoms with Gasteiger partial charge in [0.25, 0.3) is 3.79 Å². The third-order valence-corrected chi connectivity index (χ3v) is 3.50. The largest absolute Gasteiger partial charge is 0.460 e. The minimum Gasteiger partial charge on any atom is -0.460 e. The third-order valence-electron chi connectivity index (χ3n) is 2.37. The summed E-state index contributed by atoms with van der Waals surface area (Å²) in [4.78, 5) is 0. The van der Waals surface area contributed by atoms with Crippen LogP contribution in [-0.4, -0.2) is 13.9 Å². The van der Waals surface area contributed by atoms with Crippen molar-refractivity contribution < 1.29 is 9.47 Å². The van der Waals surface area contributed by atoms with Gasteiger partial charge in [0.05, 0.1) is 0 Å². The van der Waals surface area contributed by atoms with Gasteiger partial charge in [-0.2, -0.15) is 0 Å². The number of nitrogens with two attached hydrogens (primary N) is 1. The van der Waals surface area contributed by atoms with Crippen molar-refractivity contribution in [1.82, 2.24) is 0 Å². The molecule has 1 aromatic carbocycles. The van der Waals surface area contributed by atoms with Gasteiger partial charge >= 0.3 is 0 Å². The van der Waals surface area contributed by atoms with E-state index in [1.807, 2.05) is 0 Å². The second kappa shape index (κ2) is 5.38. The van der Waals surface area contributed by atoms with Gasteiger partial charge in [-0.3, -0.25) is 0 Å². The number of hydrogen-bond acceptors (Lipinski definition) is 3. The van der Waals surface area contributed by atoms with Gasteiger partial charge < -0.3 is 15.2 Å². The quantitative estimate of drug-likeness (QED) is 0.516. The van der Waals surface area contributed by atoms with E-state index in [-0.39, 0.29) is 0 Å².